The number of hydrogen-bond acceptors (Lipinski definition) is 6. The van der Waals surface area contributed by atoms with Crippen LogP contribution in [0.1, 0.15) is 5.69 Å². The van der Waals surface area contributed by atoms with Crippen LogP contribution in [-0.4, -0.2) is 38.2 Å². The Morgan fingerprint density at radius 1 is 0.815 bits per heavy atom. The van der Waals surface area contributed by atoms with Crippen LogP contribution in [0.4, 0.5) is 5.69 Å². The maximum Gasteiger partial charge on any atom is 0.203 e. The summed E-state index contributed by atoms with van der Waals surface area (Å²) in [6.45, 7) is 1.94. The maximum absolute atomic E-state index is 6.08. The fourth-order valence-electron chi connectivity index (χ4n) is 2.99. The van der Waals surface area contributed by atoms with E-state index in [-0.39, 0.29) is 0 Å². The van der Waals surface area contributed by atoms with Crippen molar-refractivity contribution in [3.8, 4) is 39.9 Å². The van der Waals surface area contributed by atoms with Gasteiger partial charge in [0.15, 0.2) is 11.5 Å². The molecule has 0 aliphatic carbocycles. The van der Waals surface area contributed by atoms with E-state index in [1.54, 1.807) is 28.4 Å². The minimum Gasteiger partial charge on any atom is -0.495 e. The fraction of sp³-hybridized carbons (Fsp3) is 0.250. The Morgan fingerprint density at radius 2 is 1.44 bits per heavy atom. The summed E-state index contributed by atoms with van der Waals surface area (Å²) in [5.74, 6) is 2.28. The summed E-state index contributed by atoms with van der Waals surface area (Å²) >= 11 is 0. The maximum atomic E-state index is 6.08. The van der Waals surface area contributed by atoms with Gasteiger partial charge in [0.25, 0.3) is 0 Å². The first-order valence-electron chi connectivity index (χ1n) is 8.33. The molecule has 7 heteroatoms. The van der Waals surface area contributed by atoms with Crippen LogP contribution < -0.4 is 24.7 Å². The topological polar surface area (TPSA) is 80.8 Å². The Labute approximate surface area is 158 Å². The van der Waals surface area contributed by atoms with Crippen LogP contribution in [-0.2, 0) is 0 Å². The van der Waals surface area contributed by atoms with Crippen molar-refractivity contribution in [2.45, 2.75) is 6.92 Å². The van der Waals surface area contributed by atoms with Gasteiger partial charge in [-0.1, -0.05) is 0 Å². The fourth-order valence-corrected chi connectivity index (χ4v) is 2.99. The molecule has 7 nitrogen and oxygen atoms in total. The Morgan fingerprint density at radius 3 is 1.96 bits per heavy atom. The summed E-state index contributed by atoms with van der Waals surface area (Å²) in [5.41, 5.74) is 10.1. The second-order valence-electron chi connectivity index (χ2n) is 5.92. The average molecular weight is 369 g/mol. The smallest absolute Gasteiger partial charge is 0.203 e. The van der Waals surface area contributed by atoms with Crippen molar-refractivity contribution in [1.29, 1.82) is 0 Å². The molecule has 3 aromatic rings. The van der Waals surface area contributed by atoms with Crippen LogP contribution in [0, 0.1) is 6.92 Å². The van der Waals surface area contributed by atoms with Gasteiger partial charge in [-0.25, -0.2) is 4.68 Å². The Bertz CT molecular complexity index is 941. The van der Waals surface area contributed by atoms with Gasteiger partial charge in [-0.2, -0.15) is 5.10 Å². The van der Waals surface area contributed by atoms with E-state index in [9.17, 15) is 0 Å². The molecule has 0 bridgehead atoms. The van der Waals surface area contributed by atoms with Gasteiger partial charge in [0.05, 0.1) is 51.2 Å². The highest BCUT2D eigenvalue weighted by atomic mass is 16.5. The predicted molar refractivity (Wildman–Crippen MR) is 104 cm³/mol. The molecule has 0 aliphatic heterocycles. The van der Waals surface area contributed by atoms with E-state index in [4.69, 9.17) is 24.7 Å². The van der Waals surface area contributed by atoms with Gasteiger partial charge in [-0.15, -0.1) is 0 Å². The second-order valence-corrected chi connectivity index (χ2v) is 5.92. The SMILES string of the molecule is COc1ccc(-c2cc(C)nn2-c2cc(OC)c(OC)c(OC)c2)cc1N. The first-order valence-corrected chi connectivity index (χ1v) is 8.33. The van der Waals surface area contributed by atoms with Crippen molar-refractivity contribution < 1.29 is 18.9 Å². The average Bonchev–Trinajstić information content (AvgIpc) is 3.08. The summed E-state index contributed by atoms with van der Waals surface area (Å²) in [6, 6.07) is 11.3. The van der Waals surface area contributed by atoms with Gasteiger partial charge in [0.2, 0.25) is 5.75 Å². The molecular weight excluding hydrogens is 346 g/mol. The van der Waals surface area contributed by atoms with Gasteiger partial charge in [-0.3, -0.25) is 0 Å². The molecule has 27 heavy (non-hydrogen) atoms. The first-order chi connectivity index (χ1) is 13.0. The molecule has 0 aliphatic rings. The number of nitrogens with two attached hydrogens (primary N) is 1. The molecule has 0 radical (unpaired) electrons. The van der Waals surface area contributed by atoms with Crippen molar-refractivity contribution >= 4 is 5.69 Å². The van der Waals surface area contributed by atoms with Crippen LogP contribution in [0.15, 0.2) is 36.4 Å². The number of benzene rings is 2. The number of aryl methyl sites for hydroxylation is 1. The van der Waals surface area contributed by atoms with E-state index in [1.165, 1.54) is 0 Å². The van der Waals surface area contributed by atoms with Crippen molar-refractivity contribution in [1.82, 2.24) is 9.78 Å². The highest BCUT2D eigenvalue weighted by Crippen LogP contribution is 2.40. The molecule has 2 aromatic carbocycles. The van der Waals surface area contributed by atoms with Gasteiger partial charge >= 0.3 is 0 Å². The summed E-state index contributed by atoms with van der Waals surface area (Å²) in [4.78, 5) is 0. The molecule has 1 heterocycles. The third kappa shape index (κ3) is 3.36. The molecule has 3 rings (SSSR count). The van der Waals surface area contributed by atoms with E-state index >= 15 is 0 Å². The number of ether oxygens (including phenoxy) is 4. The summed E-state index contributed by atoms with van der Waals surface area (Å²) in [7, 11) is 6.33. The monoisotopic (exact) mass is 369 g/mol. The van der Waals surface area contributed by atoms with Crippen LogP contribution in [0.25, 0.3) is 16.9 Å². The molecule has 1 aromatic heterocycles. The number of aromatic nitrogens is 2. The van der Waals surface area contributed by atoms with Crippen molar-refractivity contribution in [2.24, 2.45) is 0 Å². The predicted octanol–water partition coefficient (Wildman–Crippen LogP) is 3.46. The van der Waals surface area contributed by atoms with E-state index in [0.717, 1.165) is 22.6 Å². The summed E-state index contributed by atoms with van der Waals surface area (Å²) < 4.78 is 23.4. The number of methoxy groups -OCH3 is 4. The van der Waals surface area contributed by atoms with Crippen LogP contribution in [0.2, 0.25) is 0 Å². The molecule has 0 amide bonds. The molecule has 0 unspecified atom stereocenters. The third-order valence-corrected chi connectivity index (χ3v) is 4.25. The summed E-state index contributed by atoms with van der Waals surface area (Å²) in [6.07, 6.45) is 0. The quantitative estimate of drug-likeness (QED) is 0.670. The van der Waals surface area contributed by atoms with Gasteiger partial charge in [0, 0.05) is 17.7 Å². The molecule has 0 spiro atoms. The van der Waals surface area contributed by atoms with Crippen LogP contribution >= 0.6 is 0 Å². The molecular formula is C20H23N3O4. The first kappa shape index (κ1) is 18.4. The minimum absolute atomic E-state index is 0.530. The zero-order valence-electron chi connectivity index (χ0n) is 16.1. The highest BCUT2D eigenvalue weighted by molar-refractivity contribution is 5.71. The number of nitrogens with zero attached hydrogens (tertiary/aromatic N) is 2. The van der Waals surface area contributed by atoms with Crippen molar-refractivity contribution in [3.63, 3.8) is 0 Å². The standard InChI is InChI=1S/C20H23N3O4/c1-12-8-16(13-6-7-17(24-2)15(21)9-13)23(22-12)14-10-18(25-3)20(27-5)19(11-14)26-4/h6-11H,21H2,1-5H3. The number of hydrogen-bond donors (Lipinski definition) is 1. The van der Waals surface area contributed by atoms with Crippen molar-refractivity contribution in [3.05, 3.63) is 42.1 Å². The zero-order chi connectivity index (χ0) is 19.6. The number of nitrogen functional groups attached to an aromatic ring is 1. The van der Waals surface area contributed by atoms with E-state index in [1.807, 2.05) is 48.0 Å². The lowest BCUT2D eigenvalue weighted by Gasteiger charge is -2.15. The molecule has 0 atom stereocenters. The third-order valence-electron chi connectivity index (χ3n) is 4.25. The van der Waals surface area contributed by atoms with Crippen molar-refractivity contribution in [2.75, 3.05) is 34.2 Å². The lowest BCUT2D eigenvalue weighted by molar-refractivity contribution is 0.324. The van der Waals surface area contributed by atoms with E-state index < -0.39 is 0 Å². The van der Waals surface area contributed by atoms with E-state index in [2.05, 4.69) is 5.10 Å². The molecule has 2 N–H and O–H groups in total. The molecule has 142 valence electrons. The largest absolute Gasteiger partial charge is 0.495 e. The minimum atomic E-state index is 0.530. The lowest BCUT2D eigenvalue weighted by atomic mass is 10.1. The summed E-state index contributed by atoms with van der Waals surface area (Å²) in [5, 5.41) is 4.63. The highest BCUT2D eigenvalue weighted by Gasteiger charge is 2.17. The Hall–Kier alpha value is -3.35. The lowest BCUT2D eigenvalue weighted by Crippen LogP contribution is -2.03. The van der Waals surface area contributed by atoms with Gasteiger partial charge in [-0.05, 0) is 31.2 Å². The Balaban J connectivity index is 2.18. The van der Waals surface area contributed by atoms with E-state index in [0.29, 0.717) is 28.7 Å². The van der Waals surface area contributed by atoms with Gasteiger partial charge in [0.1, 0.15) is 5.75 Å². The van der Waals surface area contributed by atoms with Crippen LogP contribution in [0.3, 0.4) is 0 Å². The van der Waals surface area contributed by atoms with Crippen LogP contribution in [0.5, 0.6) is 23.0 Å². The normalized spacial score (nSPS) is 10.6. The Kier molecular flexibility index (Phi) is 5.12. The molecule has 0 saturated carbocycles. The number of rotatable bonds is 6. The van der Waals surface area contributed by atoms with Gasteiger partial charge < -0.3 is 24.7 Å². The molecule has 0 fully saturated rings. The molecule has 0 saturated heterocycles. The second kappa shape index (κ2) is 7.49. The number of anilines is 1. The zero-order valence-corrected chi connectivity index (χ0v) is 16.1.